The molecule has 0 bridgehead atoms. The lowest BCUT2D eigenvalue weighted by atomic mass is 10.1. The maximum Gasteiger partial charge on any atom is 0.254 e. The van der Waals surface area contributed by atoms with Crippen molar-refractivity contribution in [2.24, 2.45) is 0 Å². The zero-order valence-corrected chi connectivity index (χ0v) is 9.32. The Bertz CT molecular complexity index is 546. The number of aromatic nitrogens is 3. The molecule has 0 radical (unpaired) electrons. The second kappa shape index (κ2) is 4.26. The molecule has 16 heavy (non-hydrogen) atoms. The van der Waals surface area contributed by atoms with Crippen molar-refractivity contribution in [1.29, 1.82) is 0 Å². The second-order valence-corrected chi connectivity index (χ2v) is 3.76. The molecule has 4 heteroatoms. The van der Waals surface area contributed by atoms with Crippen molar-refractivity contribution in [1.82, 2.24) is 15.0 Å². The molecule has 4 nitrogen and oxygen atoms in total. The van der Waals surface area contributed by atoms with Crippen LogP contribution in [0.15, 0.2) is 29.3 Å². The third kappa shape index (κ3) is 2.16. The standard InChI is InChI=1S/C12H13N3O/c1-8-11(14-9(2)15-12(8)16)6-10-4-3-5-13-7-10/h3-5,7H,6H2,1-2H3,(H,14,15,16). The van der Waals surface area contributed by atoms with Crippen molar-refractivity contribution in [3.63, 3.8) is 0 Å². The number of rotatable bonds is 2. The minimum absolute atomic E-state index is 0.0635. The largest absolute Gasteiger partial charge is 0.311 e. The van der Waals surface area contributed by atoms with Crippen LogP contribution >= 0.6 is 0 Å². The number of aromatic amines is 1. The zero-order chi connectivity index (χ0) is 11.5. The summed E-state index contributed by atoms with van der Waals surface area (Å²) >= 11 is 0. The SMILES string of the molecule is Cc1nc(Cc2cccnc2)c(C)c(=O)[nH]1. The lowest BCUT2D eigenvalue weighted by Gasteiger charge is -2.05. The first-order chi connectivity index (χ1) is 7.66. The maximum atomic E-state index is 11.5. The molecule has 0 aliphatic rings. The molecular formula is C12H13N3O. The van der Waals surface area contributed by atoms with Crippen molar-refractivity contribution in [3.8, 4) is 0 Å². The molecular weight excluding hydrogens is 202 g/mol. The van der Waals surface area contributed by atoms with Gasteiger partial charge in [0.15, 0.2) is 0 Å². The number of hydrogen-bond donors (Lipinski definition) is 1. The van der Waals surface area contributed by atoms with Gasteiger partial charge in [-0.15, -0.1) is 0 Å². The first-order valence-corrected chi connectivity index (χ1v) is 5.12. The van der Waals surface area contributed by atoms with Gasteiger partial charge in [0.05, 0.1) is 5.69 Å². The van der Waals surface area contributed by atoms with E-state index in [1.165, 1.54) is 0 Å². The van der Waals surface area contributed by atoms with Gasteiger partial charge in [0.1, 0.15) is 5.82 Å². The van der Waals surface area contributed by atoms with E-state index in [1.54, 1.807) is 26.2 Å². The highest BCUT2D eigenvalue weighted by molar-refractivity contribution is 5.23. The van der Waals surface area contributed by atoms with Crippen LogP contribution < -0.4 is 5.56 Å². The van der Waals surface area contributed by atoms with Crippen LogP contribution in [0.1, 0.15) is 22.6 Å². The molecule has 0 aliphatic heterocycles. The van der Waals surface area contributed by atoms with Gasteiger partial charge < -0.3 is 4.98 Å². The summed E-state index contributed by atoms with van der Waals surface area (Å²) < 4.78 is 0. The molecule has 2 aromatic heterocycles. The van der Waals surface area contributed by atoms with Crippen LogP contribution in [0.25, 0.3) is 0 Å². The van der Waals surface area contributed by atoms with E-state index in [-0.39, 0.29) is 5.56 Å². The number of nitrogens with one attached hydrogen (secondary N) is 1. The number of aryl methyl sites for hydroxylation is 1. The predicted molar refractivity (Wildman–Crippen MR) is 61.4 cm³/mol. The van der Waals surface area contributed by atoms with Crippen molar-refractivity contribution in [3.05, 3.63) is 57.5 Å². The van der Waals surface area contributed by atoms with Crippen molar-refractivity contribution >= 4 is 0 Å². The summed E-state index contributed by atoms with van der Waals surface area (Å²) in [7, 11) is 0. The molecule has 0 unspecified atom stereocenters. The summed E-state index contributed by atoms with van der Waals surface area (Å²) in [5.74, 6) is 0.648. The van der Waals surface area contributed by atoms with Crippen molar-refractivity contribution in [2.75, 3.05) is 0 Å². The second-order valence-electron chi connectivity index (χ2n) is 3.76. The molecule has 82 valence electrons. The van der Waals surface area contributed by atoms with Gasteiger partial charge in [-0.2, -0.15) is 0 Å². The molecule has 0 atom stereocenters. The summed E-state index contributed by atoms with van der Waals surface area (Å²) in [6.07, 6.45) is 4.16. The van der Waals surface area contributed by atoms with E-state index < -0.39 is 0 Å². The van der Waals surface area contributed by atoms with Crippen LogP contribution in [-0.4, -0.2) is 15.0 Å². The minimum Gasteiger partial charge on any atom is -0.311 e. The van der Waals surface area contributed by atoms with E-state index >= 15 is 0 Å². The molecule has 0 spiro atoms. The Morgan fingerprint density at radius 3 is 2.88 bits per heavy atom. The fraction of sp³-hybridized carbons (Fsp3) is 0.250. The Morgan fingerprint density at radius 1 is 1.38 bits per heavy atom. The molecule has 0 saturated carbocycles. The predicted octanol–water partition coefficient (Wildman–Crippen LogP) is 1.37. The van der Waals surface area contributed by atoms with E-state index in [2.05, 4.69) is 15.0 Å². The Morgan fingerprint density at radius 2 is 2.19 bits per heavy atom. The third-order valence-electron chi connectivity index (χ3n) is 2.46. The highest BCUT2D eigenvalue weighted by Crippen LogP contribution is 2.07. The number of nitrogens with zero attached hydrogens (tertiary/aromatic N) is 2. The topological polar surface area (TPSA) is 58.6 Å². The van der Waals surface area contributed by atoms with Crippen LogP contribution in [-0.2, 0) is 6.42 Å². The van der Waals surface area contributed by atoms with Crippen LogP contribution in [0.3, 0.4) is 0 Å². The number of pyridine rings is 1. The molecule has 0 aromatic carbocycles. The minimum atomic E-state index is -0.0635. The quantitative estimate of drug-likeness (QED) is 0.823. The summed E-state index contributed by atoms with van der Waals surface area (Å²) in [4.78, 5) is 22.6. The summed E-state index contributed by atoms with van der Waals surface area (Å²) in [6, 6.07) is 3.86. The fourth-order valence-electron chi connectivity index (χ4n) is 1.57. The van der Waals surface area contributed by atoms with Gasteiger partial charge in [-0.1, -0.05) is 6.07 Å². The first kappa shape index (κ1) is 10.5. The highest BCUT2D eigenvalue weighted by Gasteiger charge is 2.06. The molecule has 0 aliphatic carbocycles. The third-order valence-corrected chi connectivity index (χ3v) is 2.46. The van der Waals surface area contributed by atoms with Gasteiger partial charge in [0.2, 0.25) is 0 Å². The lowest BCUT2D eigenvalue weighted by molar-refractivity contribution is 0.916. The Hall–Kier alpha value is -1.97. The van der Waals surface area contributed by atoms with Crippen LogP contribution in [0.2, 0.25) is 0 Å². The van der Waals surface area contributed by atoms with Gasteiger partial charge in [0, 0.05) is 24.4 Å². The Balaban J connectivity index is 2.39. The van der Waals surface area contributed by atoms with Gasteiger partial charge in [0.25, 0.3) is 5.56 Å². The fourth-order valence-corrected chi connectivity index (χ4v) is 1.57. The van der Waals surface area contributed by atoms with E-state index in [0.29, 0.717) is 17.8 Å². The molecule has 0 saturated heterocycles. The average Bonchev–Trinajstić information content (AvgIpc) is 2.27. The van der Waals surface area contributed by atoms with Gasteiger partial charge in [-0.3, -0.25) is 9.78 Å². The van der Waals surface area contributed by atoms with Crippen molar-refractivity contribution in [2.45, 2.75) is 20.3 Å². The molecule has 2 rings (SSSR count). The first-order valence-electron chi connectivity index (χ1n) is 5.12. The molecule has 2 aromatic rings. The van der Waals surface area contributed by atoms with E-state index in [1.807, 2.05) is 12.1 Å². The van der Waals surface area contributed by atoms with Gasteiger partial charge >= 0.3 is 0 Å². The lowest BCUT2D eigenvalue weighted by Crippen LogP contribution is -2.16. The average molecular weight is 215 g/mol. The molecule has 0 amide bonds. The van der Waals surface area contributed by atoms with Crippen molar-refractivity contribution < 1.29 is 0 Å². The molecule has 1 N–H and O–H groups in total. The van der Waals surface area contributed by atoms with E-state index in [9.17, 15) is 4.79 Å². The molecule has 0 fully saturated rings. The monoisotopic (exact) mass is 215 g/mol. The summed E-state index contributed by atoms with van der Waals surface area (Å²) in [6.45, 7) is 3.57. The van der Waals surface area contributed by atoms with Crippen LogP contribution in [0, 0.1) is 13.8 Å². The number of H-pyrrole nitrogens is 1. The maximum absolute atomic E-state index is 11.5. The Kier molecular flexibility index (Phi) is 2.81. The summed E-state index contributed by atoms with van der Waals surface area (Å²) in [5.41, 5.74) is 2.48. The normalized spacial score (nSPS) is 10.4. The van der Waals surface area contributed by atoms with Crippen LogP contribution in [0.5, 0.6) is 0 Å². The van der Waals surface area contributed by atoms with E-state index in [0.717, 1.165) is 11.3 Å². The highest BCUT2D eigenvalue weighted by atomic mass is 16.1. The summed E-state index contributed by atoms with van der Waals surface area (Å²) in [5, 5.41) is 0. The van der Waals surface area contributed by atoms with Gasteiger partial charge in [-0.05, 0) is 25.5 Å². The number of hydrogen-bond acceptors (Lipinski definition) is 3. The van der Waals surface area contributed by atoms with Crippen LogP contribution in [0.4, 0.5) is 0 Å². The molecule has 2 heterocycles. The van der Waals surface area contributed by atoms with E-state index in [4.69, 9.17) is 0 Å². The van der Waals surface area contributed by atoms with Gasteiger partial charge in [-0.25, -0.2) is 4.98 Å². The zero-order valence-electron chi connectivity index (χ0n) is 9.32. The smallest absolute Gasteiger partial charge is 0.254 e. The Labute approximate surface area is 93.4 Å².